The van der Waals surface area contributed by atoms with Crippen LogP contribution < -0.4 is 10.1 Å². The minimum atomic E-state index is -0.454. The summed E-state index contributed by atoms with van der Waals surface area (Å²) in [6.07, 6.45) is -0.454. The first-order valence-electron chi connectivity index (χ1n) is 5.96. The third kappa shape index (κ3) is 2.61. The minimum absolute atomic E-state index is 0.0133. The number of methoxy groups -OCH3 is 1. The van der Waals surface area contributed by atoms with Crippen molar-refractivity contribution < 1.29 is 19.4 Å². The average molecular weight is 409 g/mol. The van der Waals surface area contributed by atoms with Gasteiger partial charge in [0.05, 0.1) is 17.6 Å². The number of rotatable bonds is 2. The molecule has 0 radical (unpaired) electrons. The number of carbonyl (C=O) groups excluding carboxylic acids is 1. The Morgan fingerprint density at radius 2 is 2.10 bits per heavy atom. The summed E-state index contributed by atoms with van der Waals surface area (Å²) in [5.41, 5.74) is 0.519. The van der Waals surface area contributed by atoms with Crippen molar-refractivity contribution in [2.24, 2.45) is 5.41 Å². The van der Waals surface area contributed by atoms with Crippen LogP contribution in [0.3, 0.4) is 0 Å². The number of aromatic hydroxyl groups is 1. The van der Waals surface area contributed by atoms with Crippen molar-refractivity contribution in [1.82, 2.24) is 5.32 Å². The summed E-state index contributed by atoms with van der Waals surface area (Å²) in [5, 5.41) is 12.8. The highest BCUT2D eigenvalue weighted by atomic mass is 79.9. The molecule has 0 spiro atoms. The molecule has 1 amide bonds. The molecule has 1 fully saturated rings. The Morgan fingerprint density at radius 1 is 1.45 bits per heavy atom. The fourth-order valence-electron chi connectivity index (χ4n) is 2.17. The molecule has 1 aliphatic rings. The van der Waals surface area contributed by atoms with Crippen molar-refractivity contribution in [2.45, 2.75) is 19.9 Å². The van der Waals surface area contributed by atoms with Gasteiger partial charge in [-0.3, -0.25) is 0 Å². The van der Waals surface area contributed by atoms with Crippen LogP contribution in [0.4, 0.5) is 4.79 Å². The van der Waals surface area contributed by atoms with Crippen LogP contribution in [-0.4, -0.2) is 24.9 Å². The second-order valence-corrected chi connectivity index (χ2v) is 6.87. The van der Waals surface area contributed by atoms with E-state index >= 15 is 0 Å². The smallest absolute Gasteiger partial charge is 0.407 e. The van der Waals surface area contributed by atoms with Crippen molar-refractivity contribution >= 4 is 38.0 Å². The van der Waals surface area contributed by atoms with Gasteiger partial charge in [0.25, 0.3) is 0 Å². The van der Waals surface area contributed by atoms with Crippen molar-refractivity contribution in [3.63, 3.8) is 0 Å². The van der Waals surface area contributed by atoms with Crippen molar-refractivity contribution in [1.29, 1.82) is 0 Å². The molecule has 0 saturated carbocycles. The molecule has 20 heavy (non-hydrogen) atoms. The lowest BCUT2D eigenvalue weighted by Crippen LogP contribution is -2.47. The molecule has 5 nitrogen and oxygen atoms in total. The molecule has 1 aliphatic heterocycles. The van der Waals surface area contributed by atoms with E-state index in [2.05, 4.69) is 37.2 Å². The van der Waals surface area contributed by atoms with E-state index in [4.69, 9.17) is 9.47 Å². The van der Waals surface area contributed by atoms with Crippen molar-refractivity contribution in [3.8, 4) is 11.5 Å². The Morgan fingerprint density at radius 3 is 2.70 bits per heavy atom. The first-order chi connectivity index (χ1) is 9.27. The number of carbonyl (C=O) groups is 1. The van der Waals surface area contributed by atoms with Crippen LogP contribution in [0.5, 0.6) is 11.5 Å². The van der Waals surface area contributed by atoms with Gasteiger partial charge < -0.3 is 19.9 Å². The first-order valence-corrected chi connectivity index (χ1v) is 7.54. The Kier molecular flexibility index (Phi) is 4.20. The third-order valence-corrected chi connectivity index (χ3v) is 5.48. The van der Waals surface area contributed by atoms with Gasteiger partial charge in [-0.2, -0.15) is 0 Å². The molecule has 1 saturated heterocycles. The lowest BCUT2D eigenvalue weighted by Gasteiger charge is -2.39. The lowest BCUT2D eigenvalue weighted by atomic mass is 9.80. The molecular weight excluding hydrogens is 394 g/mol. The molecule has 1 aromatic rings. The van der Waals surface area contributed by atoms with Crippen LogP contribution in [0.25, 0.3) is 0 Å². The average Bonchev–Trinajstić information content (AvgIpc) is 2.40. The van der Waals surface area contributed by atoms with Gasteiger partial charge in [-0.05, 0) is 43.5 Å². The lowest BCUT2D eigenvalue weighted by molar-refractivity contribution is 0.0384. The van der Waals surface area contributed by atoms with Crippen LogP contribution in [0.2, 0.25) is 0 Å². The Labute approximate surface area is 133 Å². The summed E-state index contributed by atoms with van der Waals surface area (Å²) in [7, 11) is 1.48. The molecule has 110 valence electrons. The fourth-order valence-corrected chi connectivity index (χ4v) is 3.12. The highest BCUT2D eigenvalue weighted by Gasteiger charge is 2.39. The number of nitrogens with one attached hydrogen (secondary N) is 1. The monoisotopic (exact) mass is 407 g/mol. The van der Waals surface area contributed by atoms with Gasteiger partial charge >= 0.3 is 6.09 Å². The summed E-state index contributed by atoms with van der Waals surface area (Å²) >= 11 is 6.77. The number of phenols is 1. The summed E-state index contributed by atoms with van der Waals surface area (Å²) in [5.74, 6) is 0.353. The van der Waals surface area contributed by atoms with E-state index in [1.54, 1.807) is 6.07 Å². The highest BCUT2D eigenvalue weighted by molar-refractivity contribution is 9.13. The Bertz CT molecular complexity index is 560. The van der Waals surface area contributed by atoms with Crippen LogP contribution in [0, 0.1) is 5.41 Å². The number of halogens is 2. The second-order valence-electron chi connectivity index (χ2n) is 5.29. The molecule has 7 heteroatoms. The fraction of sp³-hybridized carbons (Fsp3) is 0.462. The molecule has 0 bridgehead atoms. The molecule has 1 heterocycles. The quantitative estimate of drug-likeness (QED) is 0.782. The normalized spacial score (nSPS) is 21.1. The standard InChI is InChI=1S/C13H15Br2NO4/c1-13(2)5-20-12(18)16-11(13)6-4-7(19-3)10(17)9(15)8(6)14/h4,11,17H,5H2,1-3H3,(H,16,18)/t11-/m1/s1. The zero-order valence-corrected chi connectivity index (χ0v) is 14.5. The zero-order chi connectivity index (χ0) is 15.1. The van der Waals surface area contributed by atoms with E-state index < -0.39 is 6.09 Å². The molecule has 0 aliphatic carbocycles. The summed E-state index contributed by atoms with van der Waals surface area (Å²) in [6, 6.07) is 1.45. The van der Waals surface area contributed by atoms with Crippen LogP contribution >= 0.6 is 31.9 Å². The van der Waals surface area contributed by atoms with Gasteiger partial charge in [0.2, 0.25) is 0 Å². The van der Waals surface area contributed by atoms with Crippen LogP contribution in [-0.2, 0) is 4.74 Å². The predicted molar refractivity (Wildman–Crippen MR) is 81.1 cm³/mol. The number of ether oxygens (including phenoxy) is 2. The van der Waals surface area contributed by atoms with Crippen molar-refractivity contribution in [3.05, 3.63) is 20.6 Å². The number of hydrogen-bond acceptors (Lipinski definition) is 4. The largest absolute Gasteiger partial charge is 0.503 e. The molecule has 1 aromatic carbocycles. The minimum Gasteiger partial charge on any atom is -0.503 e. The number of amides is 1. The topological polar surface area (TPSA) is 67.8 Å². The zero-order valence-electron chi connectivity index (χ0n) is 11.3. The summed E-state index contributed by atoms with van der Waals surface area (Å²) in [6.45, 7) is 4.31. The predicted octanol–water partition coefficient (Wildman–Crippen LogP) is 3.73. The number of benzene rings is 1. The van der Waals surface area contributed by atoms with Gasteiger partial charge in [0.1, 0.15) is 6.61 Å². The van der Waals surface area contributed by atoms with E-state index in [-0.39, 0.29) is 17.2 Å². The summed E-state index contributed by atoms with van der Waals surface area (Å²) in [4.78, 5) is 11.5. The van der Waals surface area contributed by atoms with E-state index in [9.17, 15) is 9.90 Å². The van der Waals surface area contributed by atoms with Crippen molar-refractivity contribution in [2.75, 3.05) is 13.7 Å². The summed E-state index contributed by atoms with van der Waals surface area (Å²) < 4.78 is 11.4. The van der Waals surface area contributed by atoms with Gasteiger partial charge in [0, 0.05) is 9.89 Å². The Hall–Kier alpha value is -0.950. The van der Waals surface area contributed by atoms with E-state index in [1.165, 1.54) is 7.11 Å². The maximum atomic E-state index is 11.5. The molecular formula is C13H15Br2NO4. The van der Waals surface area contributed by atoms with E-state index in [0.717, 1.165) is 5.56 Å². The molecule has 2 rings (SSSR count). The second kappa shape index (κ2) is 5.44. The van der Waals surface area contributed by atoms with Gasteiger partial charge in [-0.15, -0.1) is 0 Å². The van der Waals surface area contributed by atoms with Gasteiger partial charge in [0.15, 0.2) is 11.5 Å². The number of alkyl carbamates (subject to hydrolysis) is 1. The number of hydrogen-bond donors (Lipinski definition) is 2. The van der Waals surface area contributed by atoms with Crippen LogP contribution in [0.1, 0.15) is 25.5 Å². The van der Waals surface area contributed by atoms with E-state index in [1.807, 2.05) is 13.8 Å². The van der Waals surface area contributed by atoms with Crippen LogP contribution in [0.15, 0.2) is 15.0 Å². The SMILES string of the molecule is COc1cc([C@H]2NC(=O)OCC2(C)C)c(Br)c(Br)c1O. The number of phenolic OH excluding ortho intramolecular Hbond substituents is 1. The molecule has 1 atom stereocenters. The first kappa shape index (κ1) is 15.4. The van der Waals surface area contributed by atoms with Gasteiger partial charge in [-0.1, -0.05) is 13.8 Å². The Balaban J connectivity index is 2.56. The highest BCUT2D eigenvalue weighted by Crippen LogP contribution is 2.47. The maximum absolute atomic E-state index is 11.5. The maximum Gasteiger partial charge on any atom is 0.407 e. The molecule has 2 N–H and O–H groups in total. The van der Waals surface area contributed by atoms with Gasteiger partial charge in [-0.25, -0.2) is 4.79 Å². The van der Waals surface area contributed by atoms with E-state index in [0.29, 0.717) is 21.3 Å². The molecule has 0 aromatic heterocycles. The number of cyclic esters (lactones) is 1. The molecule has 0 unspecified atom stereocenters. The third-order valence-electron chi connectivity index (χ3n) is 3.32.